The number of thiophene rings is 1. The Morgan fingerprint density at radius 1 is 0.931 bits per heavy atom. The van der Waals surface area contributed by atoms with Crippen LogP contribution in [0.5, 0.6) is 0 Å². The van der Waals surface area contributed by atoms with Gasteiger partial charge in [-0.2, -0.15) is 0 Å². The first kappa shape index (κ1) is 19.1. The van der Waals surface area contributed by atoms with Crippen LogP contribution in [0.25, 0.3) is 25.1 Å². The van der Waals surface area contributed by atoms with E-state index in [4.69, 9.17) is 4.74 Å². The van der Waals surface area contributed by atoms with Gasteiger partial charge in [0.15, 0.2) is 20.9 Å². The van der Waals surface area contributed by atoms with E-state index in [0.717, 1.165) is 4.90 Å². The molecule has 6 heteroatoms. The summed E-state index contributed by atoms with van der Waals surface area (Å²) in [6.45, 7) is 2.59. The minimum Gasteiger partial charge on any atom is -0.454 e. The lowest BCUT2D eigenvalue weighted by molar-refractivity contribution is -0.563. The van der Waals surface area contributed by atoms with Gasteiger partial charge in [0, 0.05) is 40.0 Å². The van der Waals surface area contributed by atoms with Crippen LogP contribution in [0.2, 0.25) is 0 Å². The summed E-state index contributed by atoms with van der Waals surface area (Å²) >= 11 is 0. The molecule has 0 bridgehead atoms. The number of rotatable bonds is 5. The predicted octanol–water partition coefficient (Wildman–Crippen LogP) is 5.94. The first-order valence-electron chi connectivity index (χ1n) is 9.23. The number of hydrogen-bond acceptors (Lipinski definition) is 4. The maximum absolute atomic E-state index is 12.3. The summed E-state index contributed by atoms with van der Waals surface area (Å²) in [6.07, 6.45) is 0. The highest BCUT2D eigenvalue weighted by atomic mass is 32.2. The molecule has 0 aliphatic rings. The molecule has 1 heterocycles. The molecule has 3 aromatic carbocycles. The molecule has 1 aromatic heterocycles. The van der Waals surface area contributed by atoms with E-state index < -0.39 is 16.4 Å². The molecule has 0 amide bonds. The molecule has 5 nitrogen and oxygen atoms in total. The average molecular weight is 406 g/mol. The van der Waals surface area contributed by atoms with Crippen LogP contribution in [0.4, 0.5) is 0 Å². The third-order valence-electron chi connectivity index (χ3n) is 4.88. The highest BCUT2D eigenvalue weighted by molar-refractivity contribution is 7.50. The summed E-state index contributed by atoms with van der Waals surface area (Å²) in [5.41, 5.74) is -0.925. The monoisotopic (exact) mass is 406 g/mol. The Bertz CT molecular complexity index is 1170. The Hall–Kier alpha value is -3.25. The minimum atomic E-state index is -1.31. The van der Waals surface area contributed by atoms with Crippen LogP contribution < -0.4 is 0 Å². The third-order valence-corrected chi connectivity index (χ3v) is 7.22. The van der Waals surface area contributed by atoms with E-state index in [1.165, 1.54) is 34.0 Å². The maximum Gasteiger partial charge on any atom is 0.338 e. The Morgan fingerprint density at radius 2 is 1.45 bits per heavy atom. The number of esters is 1. The number of benzene rings is 3. The molecule has 0 aliphatic carbocycles. The van der Waals surface area contributed by atoms with Crippen LogP contribution in [0, 0.1) is 10.1 Å². The second kappa shape index (κ2) is 7.29. The first-order chi connectivity index (χ1) is 13.9. The zero-order valence-electron chi connectivity index (χ0n) is 16.1. The molecule has 4 rings (SSSR count). The number of fused-ring (bicyclic) bond motifs is 3. The zero-order valence-corrected chi connectivity index (χ0v) is 16.9. The highest BCUT2D eigenvalue weighted by Gasteiger charge is 2.33. The topological polar surface area (TPSA) is 69.4 Å². The van der Waals surface area contributed by atoms with Crippen LogP contribution in [-0.2, 0) is 4.74 Å². The van der Waals surface area contributed by atoms with Crippen molar-refractivity contribution in [1.29, 1.82) is 0 Å². The summed E-state index contributed by atoms with van der Waals surface area (Å²) in [7, 11) is -0.227. The van der Waals surface area contributed by atoms with Gasteiger partial charge >= 0.3 is 5.97 Å². The lowest BCUT2D eigenvalue weighted by atomic mass is 10.1. The second-order valence-electron chi connectivity index (χ2n) is 7.47. The van der Waals surface area contributed by atoms with E-state index in [9.17, 15) is 14.9 Å². The summed E-state index contributed by atoms with van der Waals surface area (Å²) in [5.74, 6) is -0.554. The van der Waals surface area contributed by atoms with E-state index >= 15 is 0 Å². The summed E-state index contributed by atoms with van der Waals surface area (Å²) < 4.78 is 7.70. The fraction of sp³-hybridized carbons (Fsp3) is 0.174. The summed E-state index contributed by atoms with van der Waals surface area (Å²) in [5, 5.41) is 13.5. The normalized spacial score (nSPS) is 11.7. The number of carbonyl (C=O) groups is 1. The molecule has 29 heavy (non-hydrogen) atoms. The van der Waals surface area contributed by atoms with Crippen LogP contribution in [-0.4, -0.2) is 23.0 Å². The van der Waals surface area contributed by atoms with E-state index in [1.54, 1.807) is 12.1 Å². The largest absolute Gasteiger partial charge is 0.454 e. The van der Waals surface area contributed by atoms with Crippen LogP contribution >= 0.6 is 10.5 Å². The zero-order chi connectivity index (χ0) is 20.6. The predicted molar refractivity (Wildman–Crippen MR) is 117 cm³/mol. The Morgan fingerprint density at radius 3 is 1.97 bits per heavy atom. The Balaban J connectivity index is 1.66. The van der Waals surface area contributed by atoms with Crippen molar-refractivity contribution >= 4 is 36.6 Å². The van der Waals surface area contributed by atoms with Gasteiger partial charge in [0.25, 0.3) is 0 Å². The molecule has 4 aromatic rings. The SMILES string of the molecule is CC(C)(COC(=O)c1ccc(-[s+]2c3ccccc3c3ccccc32)cc1)[N+](=O)[O-]. The van der Waals surface area contributed by atoms with Crippen molar-refractivity contribution in [1.82, 2.24) is 0 Å². The van der Waals surface area contributed by atoms with Gasteiger partial charge in [-0.1, -0.05) is 24.3 Å². The maximum atomic E-state index is 12.3. The Labute approximate surface area is 170 Å². The lowest BCUT2D eigenvalue weighted by Crippen LogP contribution is -2.37. The molecular weight excluding hydrogens is 386 g/mol. The molecule has 0 atom stereocenters. The van der Waals surface area contributed by atoms with Crippen molar-refractivity contribution in [2.45, 2.75) is 19.4 Å². The third kappa shape index (κ3) is 3.47. The van der Waals surface area contributed by atoms with E-state index in [-0.39, 0.29) is 17.1 Å². The second-order valence-corrected chi connectivity index (χ2v) is 9.43. The average Bonchev–Trinajstić information content (AvgIpc) is 3.06. The smallest absolute Gasteiger partial charge is 0.338 e. The lowest BCUT2D eigenvalue weighted by Gasteiger charge is -2.15. The molecule has 0 unspecified atom stereocenters. The first-order valence-corrected chi connectivity index (χ1v) is 10.5. The van der Waals surface area contributed by atoms with Gasteiger partial charge < -0.3 is 4.74 Å². The van der Waals surface area contributed by atoms with Crippen molar-refractivity contribution in [2.24, 2.45) is 0 Å². The molecule has 0 radical (unpaired) electrons. The molecule has 0 aliphatic heterocycles. The number of ether oxygens (including phenoxy) is 1. The number of nitro groups is 1. The van der Waals surface area contributed by atoms with Gasteiger partial charge in [0.1, 0.15) is 0 Å². The van der Waals surface area contributed by atoms with Crippen molar-refractivity contribution in [2.75, 3.05) is 6.61 Å². The molecule has 0 saturated carbocycles. The molecule has 0 spiro atoms. The van der Waals surface area contributed by atoms with Gasteiger partial charge in [0.2, 0.25) is 5.54 Å². The molecule has 146 valence electrons. The quantitative estimate of drug-likeness (QED) is 0.178. The molecule has 0 saturated heterocycles. The fourth-order valence-electron chi connectivity index (χ4n) is 3.21. The van der Waals surface area contributed by atoms with Crippen LogP contribution in [0.1, 0.15) is 24.2 Å². The van der Waals surface area contributed by atoms with E-state index in [0.29, 0.717) is 5.56 Å². The number of nitrogens with zero attached hydrogens (tertiary/aromatic N) is 1. The van der Waals surface area contributed by atoms with Crippen LogP contribution in [0.15, 0.2) is 72.8 Å². The van der Waals surface area contributed by atoms with Gasteiger partial charge in [-0.3, -0.25) is 10.1 Å². The van der Waals surface area contributed by atoms with Gasteiger partial charge in [-0.25, -0.2) is 4.79 Å². The van der Waals surface area contributed by atoms with Gasteiger partial charge in [-0.15, -0.1) is 0 Å². The molecular formula is C23H20NO4S+. The minimum absolute atomic E-state index is 0.227. The van der Waals surface area contributed by atoms with E-state index in [1.807, 2.05) is 36.4 Å². The van der Waals surface area contributed by atoms with Crippen LogP contribution in [0.3, 0.4) is 0 Å². The number of hydrogen-bond donors (Lipinski definition) is 0. The molecule has 0 N–H and O–H groups in total. The standard InChI is InChI=1S/C23H20NO4S/c1-23(2,24(26)27)15-28-22(25)16-11-13-17(14-12-16)29-20-9-5-3-7-18(20)19-8-4-6-10-21(19)29/h3-14H,15H2,1-2H3/q+1. The van der Waals surface area contributed by atoms with Crippen molar-refractivity contribution in [3.05, 3.63) is 88.5 Å². The van der Waals surface area contributed by atoms with Crippen molar-refractivity contribution in [3.63, 3.8) is 0 Å². The Kier molecular flexibility index (Phi) is 4.80. The number of carbonyl (C=O) groups excluding carboxylic acids is 1. The van der Waals surface area contributed by atoms with Crippen molar-refractivity contribution in [3.8, 4) is 4.90 Å². The highest BCUT2D eigenvalue weighted by Crippen LogP contribution is 2.48. The van der Waals surface area contributed by atoms with Crippen molar-refractivity contribution < 1.29 is 14.5 Å². The molecule has 0 fully saturated rings. The fourth-order valence-corrected chi connectivity index (χ4v) is 5.59. The van der Waals surface area contributed by atoms with E-state index in [2.05, 4.69) is 24.3 Å². The summed E-state index contributed by atoms with van der Waals surface area (Å²) in [4.78, 5) is 23.9. The van der Waals surface area contributed by atoms with Gasteiger partial charge in [-0.05, 0) is 48.5 Å². The van der Waals surface area contributed by atoms with Gasteiger partial charge in [0.05, 0.1) is 5.56 Å². The summed E-state index contributed by atoms with van der Waals surface area (Å²) in [6, 6.07) is 24.1.